The summed E-state index contributed by atoms with van der Waals surface area (Å²) in [6, 6.07) is 12.9. The van der Waals surface area contributed by atoms with Crippen molar-refractivity contribution in [1.82, 2.24) is 4.98 Å². The van der Waals surface area contributed by atoms with Gasteiger partial charge in [0, 0.05) is 18.0 Å². The van der Waals surface area contributed by atoms with E-state index < -0.39 is 5.97 Å². The number of pyridine rings is 1. The minimum Gasteiger partial charge on any atom is -0.402 e. The number of cyclic esters (lactones) is 1. The Morgan fingerprint density at radius 3 is 2.47 bits per heavy atom. The SMILES string of the molecule is O=C1OC(c2ccccc2)=N/C1=C\c1ccncc1. The Kier molecular flexibility index (Phi) is 2.90. The van der Waals surface area contributed by atoms with Crippen LogP contribution >= 0.6 is 0 Å². The van der Waals surface area contributed by atoms with Gasteiger partial charge < -0.3 is 4.74 Å². The van der Waals surface area contributed by atoms with E-state index in [1.807, 2.05) is 30.3 Å². The molecule has 0 unspecified atom stereocenters. The van der Waals surface area contributed by atoms with Gasteiger partial charge in [0.1, 0.15) is 0 Å². The predicted molar refractivity (Wildman–Crippen MR) is 71.3 cm³/mol. The maximum Gasteiger partial charge on any atom is 0.363 e. The highest BCUT2D eigenvalue weighted by Crippen LogP contribution is 2.18. The minimum atomic E-state index is -0.435. The van der Waals surface area contributed by atoms with Gasteiger partial charge >= 0.3 is 5.97 Å². The Morgan fingerprint density at radius 2 is 1.74 bits per heavy atom. The van der Waals surface area contributed by atoms with Gasteiger partial charge in [-0.05, 0) is 35.9 Å². The van der Waals surface area contributed by atoms with Crippen molar-refractivity contribution in [2.75, 3.05) is 0 Å². The van der Waals surface area contributed by atoms with E-state index in [2.05, 4.69) is 9.98 Å². The lowest BCUT2D eigenvalue weighted by molar-refractivity contribution is -0.129. The number of carbonyl (C=O) groups is 1. The molecule has 0 radical (unpaired) electrons. The van der Waals surface area contributed by atoms with Crippen molar-refractivity contribution in [3.63, 3.8) is 0 Å². The zero-order valence-electron chi connectivity index (χ0n) is 9.98. The Morgan fingerprint density at radius 1 is 1.00 bits per heavy atom. The highest BCUT2D eigenvalue weighted by atomic mass is 16.6. The number of aromatic nitrogens is 1. The summed E-state index contributed by atoms with van der Waals surface area (Å²) in [6.07, 6.45) is 5.00. The third-order valence-electron chi connectivity index (χ3n) is 2.65. The molecule has 4 nitrogen and oxygen atoms in total. The molecule has 1 aliphatic rings. The third kappa shape index (κ3) is 2.42. The van der Waals surface area contributed by atoms with Gasteiger partial charge in [-0.1, -0.05) is 18.2 Å². The van der Waals surface area contributed by atoms with Gasteiger partial charge in [0.2, 0.25) is 5.90 Å². The van der Waals surface area contributed by atoms with E-state index in [9.17, 15) is 4.79 Å². The summed E-state index contributed by atoms with van der Waals surface area (Å²) in [6.45, 7) is 0. The average molecular weight is 250 g/mol. The van der Waals surface area contributed by atoms with Crippen molar-refractivity contribution in [3.8, 4) is 0 Å². The molecule has 1 aromatic heterocycles. The van der Waals surface area contributed by atoms with Crippen LogP contribution in [0.25, 0.3) is 6.08 Å². The molecule has 19 heavy (non-hydrogen) atoms. The molecular weight excluding hydrogens is 240 g/mol. The van der Waals surface area contributed by atoms with Crippen molar-refractivity contribution < 1.29 is 9.53 Å². The first kappa shape index (κ1) is 11.3. The zero-order chi connectivity index (χ0) is 13.1. The van der Waals surface area contributed by atoms with Crippen LogP contribution in [0.5, 0.6) is 0 Å². The fraction of sp³-hybridized carbons (Fsp3) is 0. The minimum absolute atomic E-state index is 0.296. The van der Waals surface area contributed by atoms with Crippen molar-refractivity contribution >= 4 is 17.9 Å². The molecule has 2 aromatic rings. The molecule has 0 fully saturated rings. The van der Waals surface area contributed by atoms with E-state index in [1.54, 1.807) is 30.6 Å². The molecule has 2 heterocycles. The van der Waals surface area contributed by atoms with E-state index in [0.717, 1.165) is 11.1 Å². The summed E-state index contributed by atoms with van der Waals surface area (Å²) >= 11 is 0. The van der Waals surface area contributed by atoms with Gasteiger partial charge in [-0.2, -0.15) is 0 Å². The van der Waals surface area contributed by atoms with Gasteiger partial charge in [0.05, 0.1) is 0 Å². The molecule has 0 amide bonds. The molecule has 3 rings (SSSR count). The van der Waals surface area contributed by atoms with Crippen LogP contribution in [-0.4, -0.2) is 16.9 Å². The lowest BCUT2D eigenvalue weighted by Crippen LogP contribution is -2.04. The third-order valence-corrected chi connectivity index (χ3v) is 2.65. The average Bonchev–Trinajstić information content (AvgIpc) is 2.82. The lowest BCUT2D eigenvalue weighted by atomic mass is 10.2. The molecule has 0 bridgehead atoms. The second-order valence-corrected chi connectivity index (χ2v) is 3.98. The van der Waals surface area contributed by atoms with Gasteiger partial charge in [-0.25, -0.2) is 9.79 Å². The van der Waals surface area contributed by atoms with Crippen LogP contribution in [0.15, 0.2) is 65.5 Å². The summed E-state index contributed by atoms with van der Waals surface area (Å²) < 4.78 is 5.16. The van der Waals surface area contributed by atoms with Crippen LogP contribution in [0.1, 0.15) is 11.1 Å². The Labute approximate surface area is 110 Å². The first-order valence-electron chi connectivity index (χ1n) is 5.81. The van der Waals surface area contributed by atoms with Crippen molar-refractivity contribution in [3.05, 3.63) is 71.7 Å². The smallest absolute Gasteiger partial charge is 0.363 e. The molecule has 1 aromatic carbocycles. The molecule has 0 saturated heterocycles. The molecule has 0 atom stereocenters. The van der Waals surface area contributed by atoms with Gasteiger partial charge in [0.25, 0.3) is 0 Å². The largest absolute Gasteiger partial charge is 0.402 e. The standard InChI is InChI=1S/C15H10N2O2/c18-15-13(10-11-6-8-16-9-7-11)17-14(19-15)12-4-2-1-3-5-12/h1-10H/b13-10-. The molecular formula is C15H10N2O2. The first-order valence-corrected chi connectivity index (χ1v) is 5.81. The second kappa shape index (κ2) is 4.86. The van der Waals surface area contributed by atoms with Crippen molar-refractivity contribution in [1.29, 1.82) is 0 Å². The number of hydrogen-bond acceptors (Lipinski definition) is 4. The quantitative estimate of drug-likeness (QED) is 0.607. The molecule has 92 valence electrons. The lowest BCUT2D eigenvalue weighted by Gasteiger charge is -1.97. The Bertz CT molecular complexity index is 661. The summed E-state index contributed by atoms with van der Waals surface area (Å²) in [4.78, 5) is 19.9. The molecule has 0 saturated carbocycles. The van der Waals surface area contributed by atoms with Crippen LogP contribution in [0, 0.1) is 0 Å². The van der Waals surface area contributed by atoms with Gasteiger partial charge in [0.15, 0.2) is 5.70 Å². The zero-order valence-corrected chi connectivity index (χ0v) is 9.98. The number of carbonyl (C=O) groups excluding carboxylic acids is 1. The summed E-state index contributed by atoms with van der Waals surface area (Å²) in [5, 5.41) is 0. The fourth-order valence-corrected chi connectivity index (χ4v) is 1.73. The monoisotopic (exact) mass is 250 g/mol. The van der Waals surface area contributed by atoms with E-state index in [1.165, 1.54) is 0 Å². The number of benzene rings is 1. The highest BCUT2D eigenvalue weighted by molar-refractivity contribution is 6.12. The van der Waals surface area contributed by atoms with Crippen LogP contribution in [0.2, 0.25) is 0 Å². The number of ether oxygens (including phenoxy) is 1. The molecule has 4 heteroatoms. The molecule has 1 aliphatic heterocycles. The van der Waals surface area contributed by atoms with Crippen LogP contribution in [0.3, 0.4) is 0 Å². The topological polar surface area (TPSA) is 51.5 Å². The number of nitrogens with zero attached hydrogens (tertiary/aromatic N) is 2. The molecule has 0 N–H and O–H groups in total. The van der Waals surface area contributed by atoms with E-state index >= 15 is 0 Å². The van der Waals surface area contributed by atoms with Crippen molar-refractivity contribution in [2.24, 2.45) is 4.99 Å². The summed E-state index contributed by atoms with van der Waals surface area (Å²) in [5.41, 5.74) is 1.94. The highest BCUT2D eigenvalue weighted by Gasteiger charge is 2.23. The van der Waals surface area contributed by atoms with Crippen LogP contribution in [-0.2, 0) is 9.53 Å². The first-order chi connectivity index (χ1) is 9.33. The normalized spacial score (nSPS) is 16.3. The number of hydrogen-bond donors (Lipinski definition) is 0. The van der Waals surface area contributed by atoms with E-state index in [-0.39, 0.29) is 0 Å². The Balaban J connectivity index is 1.94. The molecule has 0 spiro atoms. The van der Waals surface area contributed by atoms with Crippen molar-refractivity contribution in [2.45, 2.75) is 0 Å². The molecule has 0 aliphatic carbocycles. The Hall–Kier alpha value is -2.75. The summed E-state index contributed by atoms with van der Waals surface area (Å²) in [7, 11) is 0. The number of esters is 1. The number of rotatable bonds is 2. The maximum absolute atomic E-state index is 11.7. The van der Waals surface area contributed by atoms with Gasteiger partial charge in [-0.3, -0.25) is 4.98 Å². The maximum atomic E-state index is 11.7. The van der Waals surface area contributed by atoms with E-state index in [0.29, 0.717) is 11.6 Å². The van der Waals surface area contributed by atoms with Gasteiger partial charge in [-0.15, -0.1) is 0 Å². The number of aliphatic imine (C=N–C) groups is 1. The van der Waals surface area contributed by atoms with Crippen LogP contribution in [0.4, 0.5) is 0 Å². The van der Waals surface area contributed by atoms with E-state index in [4.69, 9.17) is 4.74 Å². The second-order valence-electron chi connectivity index (χ2n) is 3.98. The van der Waals surface area contributed by atoms with Crippen LogP contribution < -0.4 is 0 Å². The fourth-order valence-electron chi connectivity index (χ4n) is 1.73. The summed E-state index contributed by atoms with van der Waals surface area (Å²) in [5.74, 6) is -0.0958. The predicted octanol–water partition coefficient (Wildman–Crippen LogP) is 2.43.